The molecule has 0 spiro atoms. The van der Waals surface area contributed by atoms with Crippen molar-refractivity contribution in [1.29, 1.82) is 0 Å². The molecule has 3 aliphatic carbocycles. The molecule has 0 radical (unpaired) electrons. The highest BCUT2D eigenvalue weighted by Crippen LogP contribution is 2.52. The molecule has 0 heterocycles. The smallest absolute Gasteiger partial charge is 0.0133 e. The first-order valence-electron chi connectivity index (χ1n) is 5.60. The van der Waals surface area contributed by atoms with Crippen LogP contribution in [-0.2, 0) is 0 Å². The third-order valence-corrected chi connectivity index (χ3v) is 4.21. The van der Waals surface area contributed by atoms with Gasteiger partial charge in [-0.2, -0.15) is 0 Å². The summed E-state index contributed by atoms with van der Waals surface area (Å²) in [5, 5.41) is 3.82. The summed E-state index contributed by atoms with van der Waals surface area (Å²) in [6.45, 7) is 2.37. The first-order chi connectivity index (χ1) is 5.84. The molecule has 0 saturated heterocycles. The lowest BCUT2D eigenvalue weighted by atomic mass is 9.82. The molecular formula is C11H19N. The Bertz CT molecular complexity index is 173. The van der Waals surface area contributed by atoms with Gasteiger partial charge in [0.2, 0.25) is 0 Å². The fourth-order valence-corrected chi connectivity index (χ4v) is 3.38. The molecule has 0 aromatic rings. The molecule has 1 heteroatoms. The van der Waals surface area contributed by atoms with E-state index in [1.165, 1.54) is 32.1 Å². The molecule has 0 bridgehead atoms. The van der Waals surface area contributed by atoms with Gasteiger partial charge in [-0.25, -0.2) is 0 Å². The molecule has 1 nitrogen and oxygen atoms in total. The zero-order valence-corrected chi connectivity index (χ0v) is 7.92. The maximum absolute atomic E-state index is 3.82. The van der Waals surface area contributed by atoms with Crippen LogP contribution in [0.5, 0.6) is 0 Å². The van der Waals surface area contributed by atoms with E-state index < -0.39 is 0 Å². The first kappa shape index (κ1) is 7.37. The molecule has 3 saturated carbocycles. The summed E-state index contributed by atoms with van der Waals surface area (Å²) >= 11 is 0. The number of hydrogen-bond donors (Lipinski definition) is 1. The molecule has 2 atom stereocenters. The van der Waals surface area contributed by atoms with Gasteiger partial charge in [-0.15, -0.1) is 0 Å². The minimum Gasteiger partial charge on any atom is -0.311 e. The monoisotopic (exact) mass is 165 g/mol. The maximum atomic E-state index is 3.82. The summed E-state index contributed by atoms with van der Waals surface area (Å²) in [5.41, 5.74) is 0. The lowest BCUT2D eigenvalue weighted by Gasteiger charge is -2.34. The van der Waals surface area contributed by atoms with Gasteiger partial charge < -0.3 is 5.32 Å². The van der Waals surface area contributed by atoms with Crippen molar-refractivity contribution in [2.75, 3.05) is 0 Å². The van der Waals surface area contributed by atoms with E-state index in [-0.39, 0.29) is 0 Å². The van der Waals surface area contributed by atoms with Crippen LogP contribution >= 0.6 is 0 Å². The second-order valence-electron chi connectivity index (χ2n) is 5.22. The van der Waals surface area contributed by atoms with Crippen LogP contribution in [0.2, 0.25) is 0 Å². The highest BCUT2D eigenvalue weighted by Gasteiger charge is 2.53. The largest absolute Gasteiger partial charge is 0.311 e. The highest BCUT2D eigenvalue weighted by atomic mass is 15.0. The molecule has 0 aromatic heterocycles. The lowest BCUT2D eigenvalue weighted by molar-refractivity contribution is 0.233. The Kier molecular flexibility index (Phi) is 1.52. The van der Waals surface area contributed by atoms with Crippen LogP contribution in [-0.4, -0.2) is 12.1 Å². The van der Waals surface area contributed by atoms with Crippen molar-refractivity contribution in [3.63, 3.8) is 0 Å². The third-order valence-electron chi connectivity index (χ3n) is 4.21. The standard InChI is InChI=1S/C11H19N/c1-7-5-8(6-7)12-11-9-3-2-4-10(9)11/h7-12H,2-6H2,1H3. The van der Waals surface area contributed by atoms with E-state index in [2.05, 4.69) is 12.2 Å². The summed E-state index contributed by atoms with van der Waals surface area (Å²) in [6.07, 6.45) is 7.43. The van der Waals surface area contributed by atoms with Crippen LogP contribution in [0, 0.1) is 17.8 Å². The summed E-state index contributed by atoms with van der Waals surface area (Å²) in [5.74, 6) is 3.20. The molecule has 3 fully saturated rings. The first-order valence-corrected chi connectivity index (χ1v) is 5.60. The van der Waals surface area contributed by atoms with E-state index in [0.29, 0.717) is 0 Å². The molecular weight excluding hydrogens is 146 g/mol. The van der Waals surface area contributed by atoms with Gasteiger partial charge in [0.1, 0.15) is 0 Å². The third kappa shape index (κ3) is 1.02. The topological polar surface area (TPSA) is 12.0 Å². The zero-order valence-electron chi connectivity index (χ0n) is 7.92. The Labute approximate surface area is 74.9 Å². The van der Waals surface area contributed by atoms with Crippen molar-refractivity contribution in [2.24, 2.45) is 17.8 Å². The molecule has 3 rings (SSSR count). The van der Waals surface area contributed by atoms with Gasteiger partial charge in [0.25, 0.3) is 0 Å². The lowest BCUT2D eigenvalue weighted by Crippen LogP contribution is -2.42. The van der Waals surface area contributed by atoms with E-state index >= 15 is 0 Å². The van der Waals surface area contributed by atoms with E-state index in [9.17, 15) is 0 Å². The van der Waals surface area contributed by atoms with E-state index in [1.807, 2.05) is 0 Å². The van der Waals surface area contributed by atoms with Crippen LogP contribution in [0.3, 0.4) is 0 Å². The Morgan fingerprint density at radius 2 is 1.75 bits per heavy atom. The van der Waals surface area contributed by atoms with Gasteiger partial charge in [0, 0.05) is 12.1 Å². The van der Waals surface area contributed by atoms with Crippen LogP contribution in [0.25, 0.3) is 0 Å². The van der Waals surface area contributed by atoms with Crippen molar-refractivity contribution in [3.8, 4) is 0 Å². The van der Waals surface area contributed by atoms with E-state index in [1.54, 1.807) is 0 Å². The number of hydrogen-bond acceptors (Lipinski definition) is 1. The van der Waals surface area contributed by atoms with Crippen molar-refractivity contribution in [2.45, 2.75) is 51.1 Å². The van der Waals surface area contributed by atoms with Gasteiger partial charge in [0.05, 0.1) is 0 Å². The quantitative estimate of drug-likeness (QED) is 0.661. The Morgan fingerprint density at radius 1 is 1.08 bits per heavy atom. The second-order valence-corrected chi connectivity index (χ2v) is 5.22. The SMILES string of the molecule is CC1CC(NC2C3CCCC32)C1. The van der Waals surface area contributed by atoms with Crippen LogP contribution in [0.15, 0.2) is 0 Å². The van der Waals surface area contributed by atoms with Crippen molar-refractivity contribution < 1.29 is 0 Å². The average molecular weight is 165 g/mol. The molecule has 0 aliphatic heterocycles. The van der Waals surface area contributed by atoms with Crippen molar-refractivity contribution >= 4 is 0 Å². The van der Waals surface area contributed by atoms with Gasteiger partial charge in [-0.1, -0.05) is 13.3 Å². The molecule has 12 heavy (non-hydrogen) atoms. The van der Waals surface area contributed by atoms with Crippen LogP contribution < -0.4 is 5.32 Å². The van der Waals surface area contributed by atoms with Gasteiger partial charge in [0.15, 0.2) is 0 Å². The maximum Gasteiger partial charge on any atom is 0.0133 e. The summed E-state index contributed by atoms with van der Waals surface area (Å²) in [7, 11) is 0. The zero-order chi connectivity index (χ0) is 8.13. The Morgan fingerprint density at radius 3 is 2.33 bits per heavy atom. The summed E-state index contributed by atoms with van der Waals surface area (Å²) < 4.78 is 0. The molecule has 0 amide bonds. The van der Waals surface area contributed by atoms with Gasteiger partial charge in [-0.3, -0.25) is 0 Å². The van der Waals surface area contributed by atoms with Crippen molar-refractivity contribution in [1.82, 2.24) is 5.32 Å². The predicted molar refractivity (Wildman–Crippen MR) is 49.9 cm³/mol. The molecule has 1 N–H and O–H groups in total. The fourth-order valence-electron chi connectivity index (χ4n) is 3.38. The molecule has 68 valence electrons. The number of fused-ring (bicyclic) bond motifs is 1. The van der Waals surface area contributed by atoms with Gasteiger partial charge in [-0.05, 0) is 43.4 Å². The predicted octanol–water partition coefficient (Wildman–Crippen LogP) is 2.17. The molecule has 2 unspecified atom stereocenters. The fraction of sp³-hybridized carbons (Fsp3) is 1.00. The summed E-state index contributed by atoms with van der Waals surface area (Å²) in [4.78, 5) is 0. The van der Waals surface area contributed by atoms with Gasteiger partial charge >= 0.3 is 0 Å². The average Bonchev–Trinajstić information content (AvgIpc) is 2.43. The molecule has 3 aliphatic rings. The van der Waals surface area contributed by atoms with E-state index in [0.717, 1.165) is 29.8 Å². The normalized spacial score (nSPS) is 56.2. The summed E-state index contributed by atoms with van der Waals surface area (Å²) in [6, 6.07) is 1.85. The second kappa shape index (κ2) is 2.47. The van der Waals surface area contributed by atoms with Crippen LogP contribution in [0.1, 0.15) is 39.0 Å². The van der Waals surface area contributed by atoms with Crippen molar-refractivity contribution in [3.05, 3.63) is 0 Å². The number of nitrogens with one attached hydrogen (secondary N) is 1. The number of rotatable bonds is 2. The Balaban J connectivity index is 1.46. The van der Waals surface area contributed by atoms with E-state index in [4.69, 9.17) is 0 Å². The minimum absolute atomic E-state index is 0.899. The minimum atomic E-state index is 0.899. The highest BCUT2D eigenvalue weighted by molar-refractivity contribution is 5.08. The Hall–Kier alpha value is -0.0400. The van der Waals surface area contributed by atoms with Crippen LogP contribution in [0.4, 0.5) is 0 Å². The molecule has 0 aromatic carbocycles.